The van der Waals surface area contributed by atoms with Crippen LogP contribution in [0.1, 0.15) is 39.5 Å². The van der Waals surface area contributed by atoms with E-state index in [1.165, 1.54) is 0 Å². The number of methoxy groups -OCH3 is 1. The van der Waals surface area contributed by atoms with Gasteiger partial charge in [-0.3, -0.25) is 4.90 Å². The summed E-state index contributed by atoms with van der Waals surface area (Å²) in [5, 5.41) is 20.7. The SMILES string of the molecule is COC1C2CC(C(C)(C)O)OC2N(C)C2C(O)CCCC12. The minimum absolute atomic E-state index is 0.0691. The van der Waals surface area contributed by atoms with Crippen molar-refractivity contribution < 1.29 is 19.7 Å². The van der Waals surface area contributed by atoms with Crippen molar-refractivity contribution in [2.45, 2.75) is 75.7 Å². The predicted molar refractivity (Wildman–Crippen MR) is 78.8 cm³/mol. The molecule has 0 spiro atoms. The van der Waals surface area contributed by atoms with Crippen LogP contribution in [-0.2, 0) is 9.47 Å². The number of piperidine rings is 1. The Kier molecular flexibility index (Phi) is 4.08. The van der Waals surface area contributed by atoms with Crippen LogP contribution in [0.2, 0.25) is 0 Å². The fourth-order valence-electron chi connectivity index (χ4n) is 4.80. The molecule has 3 rings (SSSR count). The summed E-state index contributed by atoms with van der Waals surface area (Å²) in [5.74, 6) is 0.622. The summed E-state index contributed by atoms with van der Waals surface area (Å²) in [4.78, 5) is 2.19. The van der Waals surface area contributed by atoms with Gasteiger partial charge in [0.25, 0.3) is 0 Å². The van der Waals surface area contributed by atoms with Gasteiger partial charge >= 0.3 is 0 Å². The molecular formula is C16H29NO4. The number of rotatable bonds is 2. The Morgan fingerprint density at radius 1 is 1.24 bits per heavy atom. The largest absolute Gasteiger partial charge is 0.391 e. The van der Waals surface area contributed by atoms with E-state index in [-0.39, 0.29) is 36.5 Å². The van der Waals surface area contributed by atoms with Crippen LogP contribution in [0.5, 0.6) is 0 Å². The average molecular weight is 299 g/mol. The molecule has 3 aliphatic rings. The van der Waals surface area contributed by atoms with Crippen LogP contribution in [0.15, 0.2) is 0 Å². The normalized spacial score (nSPS) is 48.0. The van der Waals surface area contributed by atoms with E-state index in [1.54, 1.807) is 21.0 Å². The molecule has 0 aromatic carbocycles. The first kappa shape index (κ1) is 15.7. The number of likely N-dealkylation sites (N-methyl/N-ethyl adjacent to an activating group) is 1. The molecule has 7 atom stereocenters. The lowest BCUT2D eigenvalue weighted by Crippen LogP contribution is -2.63. The second-order valence-corrected chi connectivity index (χ2v) is 7.59. The Morgan fingerprint density at radius 3 is 2.57 bits per heavy atom. The minimum Gasteiger partial charge on any atom is -0.391 e. The summed E-state index contributed by atoms with van der Waals surface area (Å²) in [6, 6.07) is 0.102. The van der Waals surface area contributed by atoms with Crippen molar-refractivity contribution >= 4 is 0 Å². The maximum Gasteiger partial charge on any atom is 0.116 e. The van der Waals surface area contributed by atoms with E-state index < -0.39 is 5.60 Å². The number of ether oxygens (including phenoxy) is 2. The first-order valence-electron chi connectivity index (χ1n) is 8.15. The van der Waals surface area contributed by atoms with Crippen LogP contribution < -0.4 is 0 Å². The molecule has 2 aliphatic heterocycles. The van der Waals surface area contributed by atoms with E-state index >= 15 is 0 Å². The zero-order chi connectivity index (χ0) is 15.4. The molecule has 7 unspecified atom stereocenters. The molecule has 1 saturated carbocycles. The van der Waals surface area contributed by atoms with Crippen molar-refractivity contribution in [2.75, 3.05) is 14.2 Å². The van der Waals surface area contributed by atoms with E-state index in [0.29, 0.717) is 5.92 Å². The van der Waals surface area contributed by atoms with Crippen LogP contribution in [-0.4, -0.2) is 65.5 Å². The van der Waals surface area contributed by atoms with Gasteiger partial charge in [-0.15, -0.1) is 0 Å². The highest BCUT2D eigenvalue weighted by molar-refractivity contribution is 5.05. The summed E-state index contributed by atoms with van der Waals surface area (Å²) in [6.07, 6.45) is 3.38. The van der Waals surface area contributed by atoms with Gasteiger partial charge in [-0.05, 0) is 40.2 Å². The smallest absolute Gasteiger partial charge is 0.116 e. The zero-order valence-corrected chi connectivity index (χ0v) is 13.5. The molecule has 5 heteroatoms. The van der Waals surface area contributed by atoms with E-state index in [4.69, 9.17) is 9.47 Å². The van der Waals surface area contributed by atoms with Crippen LogP contribution in [0.4, 0.5) is 0 Å². The number of fused-ring (bicyclic) bond motifs is 2. The molecule has 2 saturated heterocycles. The van der Waals surface area contributed by atoms with Crippen molar-refractivity contribution in [1.29, 1.82) is 0 Å². The number of hydrogen-bond donors (Lipinski definition) is 2. The van der Waals surface area contributed by atoms with E-state index in [0.717, 1.165) is 25.7 Å². The van der Waals surface area contributed by atoms with Crippen molar-refractivity contribution in [3.63, 3.8) is 0 Å². The molecule has 1 aliphatic carbocycles. The highest BCUT2D eigenvalue weighted by Gasteiger charge is 2.56. The number of nitrogens with zero attached hydrogens (tertiary/aromatic N) is 1. The van der Waals surface area contributed by atoms with Crippen LogP contribution in [0.25, 0.3) is 0 Å². The molecule has 3 fully saturated rings. The van der Waals surface area contributed by atoms with Crippen molar-refractivity contribution in [3.8, 4) is 0 Å². The first-order valence-corrected chi connectivity index (χ1v) is 8.15. The fraction of sp³-hybridized carbons (Fsp3) is 1.00. The summed E-state index contributed by atoms with van der Waals surface area (Å²) < 4.78 is 12.0. The van der Waals surface area contributed by atoms with Gasteiger partial charge in [0.05, 0.1) is 23.9 Å². The molecule has 0 aromatic rings. The highest BCUT2D eigenvalue weighted by Crippen LogP contribution is 2.47. The van der Waals surface area contributed by atoms with Gasteiger partial charge < -0.3 is 19.7 Å². The maximum absolute atomic E-state index is 10.4. The Balaban J connectivity index is 1.88. The number of likely N-dealkylation sites (tertiary alicyclic amines) is 1. The van der Waals surface area contributed by atoms with Gasteiger partial charge in [0.2, 0.25) is 0 Å². The zero-order valence-electron chi connectivity index (χ0n) is 13.5. The molecule has 0 amide bonds. The Hall–Kier alpha value is -0.200. The van der Waals surface area contributed by atoms with Gasteiger partial charge in [0.15, 0.2) is 0 Å². The van der Waals surface area contributed by atoms with Gasteiger partial charge in [-0.25, -0.2) is 0 Å². The lowest BCUT2D eigenvalue weighted by atomic mass is 9.70. The Morgan fingerprint density at radius 2 is 1.95 bits per heavy atom. The van der Waals surface area contributed by atoms with Crippen LogP contribution in [0.3, 0.4) is 0 Å². The Labute approximate surface area is 127 Å². The third-order valence-electron chi connectivity index (χ3n) is 5.80. The molecule has 2 heterocycles. The standard InChI is InChI=1S/C16H29NO4/c1-16(2,19)12-8-10-14(20-4)9-6-5-7-11(18)13(9)17(3)15(10)21-12/h9-15,18-19H,5-8H2,1-4H3. The monoisotopic (exact) mass is 299 g/mol. The first-order chi connectivity index (χ1) is 9.84. The summed E-state index contributed by atoms with van der Waals surface area (Å²) >= 11 is 0. The van der Waals surface area contributed by atoms with E-state index in [2.05, 4.69) is 4.90 Å². The van der Waals surface area contributed by atoms with Crippen LogP contribution in [0, 0.1) is 11.8 Å². The molecular weight excluding hydrogens is 270 g/mol. The van der Waals surface area contributed by atoms with Gasteiger partial charge in [-0.1, -0.05) is 6.42 Å². The molecule has 0 bridgehead atoms. The minimum atomic E-state index is -0.847. The maximum atomic E-state index is 10.4. The second kappa shape index (κ2) is 5.46. The fourth-order valence-corrected chi connectivity index (χ4v) is 4.80. The van der Waals surface area contributed by atoms with Crippen molar-refractivity contribution in [2.24, 2.45) is 11.8 Å². The van der Waals surface area contributed by atoms with Gasteiger partial charge in [-0.2, -0.15) is 0 Å². The van der Waals surface area contributed by atoms with Crippen LogP contribution >= 0.6 is 0 Å². The molecule has 21 heavy (non-hydrogen) atoms. The molecule has 0 radical (unpaired) electrons. The average Bonchev–Trinajstić information content (AvgIpc) is 2.84. The van der Waals surface area contributed by atoms with Crippen molar-refractivity contribution in [3.05, 3.63) is 0 Å². The van der Waals surface area contributed by atoms with Gasteiger partial charge in [0.1, 0.15) is 6.23 Å². The lowest BCUT2D eigenvalue weighted by Gasteiger charge is -2.52. The topological polar surface area (TPSA) is 62.2 Å². The third kappa shape index (κ3) is 2.53. The summed E-state index contributed by atoms with van der Waals surface area (Å²) in [5.41, 5.74) is -0.847. The number of aliphatic hydroxyl groups is 2. The molecule has 0 aromatic heterocycles. The second-order valence-electron chi connectivity index (χ2n) is 7.59. The van der Waals surface area contributed by atoms with E-state index in [9.17, 15) is 10.2 Å². The summed E-state index contributed by atoms with van der Waals surface area (Å²) in [6.45, 7) is 3.61. The van der Waals surface area contributed by atoms with E-state index in [1.807, 2.05) is 7.05 Å². The highest BCUT2D eigenvalue weighted by atomic mass is 16.5. The predicted octanol–water partition coefficient (Wildman–Crippen LogP) is 0.978. The quantitative estimate of drug-likeness (QED) is 0.796. The van der Waals surface area contributed by atoms with Gasteiger partial charge in [0, 0.05) is 25.0 Å². The molecule has 5 nitrogen and oxygen atoms in total. The lowest BCUT2D eigenvalue weighted by molar-refractivity contribution is -0.201. The molecule has 2 N–H and O–H groups in total. The molecule has 122 valence electrons. The summed E-state index contributed by atoms with van der Waals surface area (Å²) in [7, 11) is 3.81. The van der Waals surface area contributed by atoms with Crippen molar-refractivity contribution in [1.82, 2.24) is 4.90 Å². The number of aliphatic hydroxyl groups excluding tert-OH is 1. The Bertz CT molecular complexity index is 383. The third-order valence-corrected chi connectivity index (χ3v) is 5.80. The number of hydrogen-bond acceptors (Lipinski definition) is 5.